The van der Waals surface area contributed by atoms with E-state index in [1.165, 1.54) is 7.11 Å². The van der Waals surface area contributed by atoms with Crippen LogP contribution in [-0.4, -0.2) is 19.9 Å². The molecule has 0 spiro atoms. The Morgan fingerprint density at radius 2 is 1.95 bits per heavy atom. The summed E-state index contributed by atoms with van der Waals surface area (Å²) in [5.41, 5.74) is 0.789. The zero-order chi connectivity index (χ0) is 13.9. The topological polar surface area (TPSA) is 48.6 Å². The minimum absolute atomic E-state index is 0.208. The zero-order valence-electron chi connectivity index (χ0n) is 11.0. The Bertz CT molecular complexity index is 627. The summed E-state index contributed by atoms with van der Waals surface area (Å²) in [5.74, 6) is 1.00. The van der Waals surface area contributed by atoms with Gasteiger partial charge in [-0.3, -0.25) is 0 Å². The molecule has 5 nitrogen and oxygen atoms in total. The van der Waals surface area contributed by atoms with Gasteiger partial charge in [0.25, 0.3) is 6.04 Å². The maximum Gasteiger partial charge on any atom is 0.380 e. The molecule has 102 valence electrons. The molecule has 2 aromatic rings. The van der Waals surface area contributed by atoms with Gasteiger partial charge in [0.2, 0.25) is 6.79 Å². The van der Waals surface area contributed by atoms with E-state index < -0.39 is 6.04 Å². The maximum absolute atomic E-state index is 12.1. The first-order chi connectivity index (χ1) is 9.79. The van der Waals surface area contributed by atoms with E-state index >= 15 is 0 Å². The molecule has 0 saturated carbocycles. The minimum atomic E-state index is -0.546. The average molecular weight is 272 g/mol. The molecule has 1 aromatic carbocycles. The van der Waals surface area contributed by atoms with Crippen LogP contribution in [0.5, 0.6) is 11.5 Å². The van der Waals surface area contributed by atoms with E-state index in [-0.39, 0.29) is 12.8 Å². The monoisotopic (exact) mass is 272 g/mol. The Hall–Kier alpha value is -2.56. The van der Waals surface area contributed by atoms with E-state index in [1.54, 1.807) is 10.6 Å². The Morgan fingerprint density at radius 3 is 2.70 bits per heavy atom. The summed E-state index contributed by atoms with van der Waals surface area (Å²) < 4.78 is 17.3. The number of carbonyl (C=O) groups excluding carboxylic acids is 1. The number of benzene rings is 1. The molecule has 3 rings (SSSR count). The molecule has 20 heavy (non-hydrogen) atoms. The van der Waals surface area contributed by atoms with Crippen molar-refractivity contribution in [1.29, 1.82) is 0 Å². The van der Waals surface area contributed by atoms with E-state index in [0.29, 0.717) is 11.5 Å². The number of carbonyl (C=O) groups is 1. The molecule has 0 saturated heterocycles. The predicted octanol–water partition coefficient (Wildman–Crippen LogP) is 1.47. The summed E-state index contributed by atoms with van der Waals surface area (Å²) in [6.45, 7) is 0.208. The van der Waals surface area contributed by atoms with Crippen molar-refractivity contribution < 1.29 is 23.6 Å². The molecule has 2 heterocycles. The first-order valence-electron chi connectivity index (χ1n) is 6.23. The molecule has 0 amide bonds. The average Bonchev–Trinajstić information content (AvgIpc) is 2.96. The fourth-order valence-electron chi connectivity index (χ4n) is 2.21. The normalized spacial score (nSPS) is 13.8. The minimum Gasteiger partial charge on any atom is -0.464 e. The summed E-state index contributed by atoms with van der Waals surface area (Å²) in [5, 5.41) is 0. The third-order valence-corrected chi connectivity index (χ3v) is 3.17. The molecular weight excluding hydrogens is 258 g/mol. The lowest BCUT2D eigenvalue weighted by Gasteiger charge is -2.11. The second kappa shape index (κ2) is 5.21. The lowest BCUT2D eigenvalue weighted by Crippen LogP contribution is -2.44. The highest BCUT2D eigenvalue weighted by Gasteiger charge is 2.32. The van der Waals surface area contributed by atoms with Crippen molar-refractivity contribution in [3.8, 4) is 11.5 Å². The fourth-order valence-corrected chi connectivity index (χ4v) is 2.21. The van der Waals surface area contributed by atoms with Crippen molar-refractivity contribution in [3.63, 3.8) is 0 Å². The van der Waals surface area contributed by atoms with Crippen molar-refractivity contribution in [1.82, 2.24) is 0 Å². The highest BCUT2D eigenvalue weighted by molar-refractivity contribution is 5.76. The van der Waals surface area contributed by atoms with Gasteiger partial charge in [0.15, 0.2) is 23.9 Å². The molecule has 1 unspecified atom stereocenters. The molecule has 0 aliphatic carbocycles. The summed E-state index contributed by atoms with van der Waals surface area (Å²) in [6.07, 6.45) is 3.65. The third kappa shape index (κ3) is 2.18. The van der Waals surface area contributed by atoms with Gasteiger partial charge in [-0.25, -0.2) is 4.79 Å². The summed E-state index contributed by atoms with van der Waals surface area (Å²) in [7, 11) is 1.38. The van der Waals surface area contributed by atoms with Crippen LogP contribution in [0.25, 0.3) is 0 Å². The number of methoxy groups -OCH3 is 1. The number of esters is 1. The van der Waals surface area contributed by atoms with Crippen molar-refractivity contribution in [2.24, 2.45) is 0 Å². The van der Waals surface area contributed by atoms with Crippen LogP contribution < -0.4 is 14.0 Å². The van der Waals surface area contributed by atoms with Gasteiger partial charge in [0, 0.05) is 17.7 Å². The standard InChI is InChI=1S/C15H14NO4/c1-18-15(17)14(16-7-3-2-4-8-16)11-5-6-12-13(9-11)20-10-19-12/h2-9,14H,10H2,1H3/q+1. The summed E-state index contributed by atoms with van der Waals surface area (Å²) in [4.78, 5) is 12.1. The van der Waals surface area contributed by atoms with Crippen molar-refractivity contribution >= 4 is 5.97 Å². The molecule has 0 N–H and O–H groups in total. The van der Waals surface area contributed by atoms with E-state index in [1.807, 2.05) is 42.7 Å². The van der Waals surface area contributed by atoms with Crippen LogP contribution in [0.4, 0.5) is 0 Å². The van der Waals surface area contributed by atoms with E-state index in [2.05, 4.69) is 0 Å². The Balaban J connectivity index is 2.04. The van der Waals surface area contributed by atoms with Crippen molar-refractivity contribution in [2.45, 2.75) is 6.04 Å². The smallest absolute Gasteiger partial charge is 0.380 e. The lowest BCUT2D eigenvalue weighted by molar-refractivity contribution is -0.702. The van der Waals surface area contributed by atoms with E-state index in [9.17, 15) is 4.79 Å². The Labute approximate surface area is 116 Å². The fraction of sp³-hybridized carbons (Fsp3) is 0.200. The molecular formula is C15H14NO4+. The molecule has 0 radical (unpaired) electrons. The van der Waals surface area contributed by atoms with Crippen LogP contribution in [0, 0.1) is 0 Å². The Morgan fingerprint density at radius 1 is 1.20 bits per heavy atom. The molecule has 0 bridgehead atoms. The van der Waals surface area contributed by atoms with Gasteiger partial charge in [-0.2, -0.15) is 4.57 Å². The van der Waals surface area contributed by atoms with Crippen LogP contribution in [0.3, 0.4) is 0 Å². The molecule has 0 fully saturated rings. The van der Waals surface area contributed by atoms with Crippen LogP contribution >= 0.6 is 0 Å². The number of pyridine rings is 1. The Kier molecular flexibility index (Phi) is 3.25. The maximum atomic E-state index is 12.1. The number of hydrogen-bond acceptors (Lipinski definition) is 4. The van der Waals surface area contributed by atoms with Gasteiger partial charge in [-0.15, -0.1) is 0 Å². The van der Waals surface area contributed by atoms with Crippen LogP contribution in [-0.2, 0) is 9.53 Å². The van der Waals surface area contributed by atoms with Gasteiger partial charge in [-0.1, -0.05) is 6.07 Å². The number of ether oxygens (including phenoxy) is 3. The van der Waals surface area contributed by atoms with E-state index in [0.717, 1.165) is 5.56 Å². The number of fused-ring (bicyclic) bond motifs is 1. The van der Waals surface area contributed by atoms with Gasteiger partial charge in [-0.05, 0) is 18.2 Å². The van der Waals surface area contributed by atoms with Crippen molar-refractivity contribution in [3.05, 3.63) is 54.4 Å². The highest BCUT2D eigenvalue weighted by Crippen LogP contribution is 2.34. The van der Waals surface area contributed by atoms with Gasteiger partial charge >= 0.3 is 5.97 Å². The van der Waals surface area contributed by atoms with Crippen molar-refractivity contribution in [2.75, 3.05) is 13.9 Å². The second-order valence-corrected chi connectivity index (χ2v) is 4.36. The predicted molar refractivity (Wildman–Crippen MR) is 69.4 cm³/mol. The first kappa shape index (κ1) is 12.5. The largest absolute Gasteiger partial charge is 0.464 e. The molecule has 5 heteroatoms. The number of nitrogens with zero attached hydrogens (tertiary/aromatic N) is 1. The highest BCUT2D eigenvalue weighted by atomic mass is 16.7. The lowest BCUT2D eigenvalue weighted by atomic mass is 10.1. The zero-order valence-corrected chi connectivity index (χ0v) is 11.0. The second-order valence-electron chi connectivity index (χ2n) is 4.36. The summed E-state index contributed by atoms with van der Waals surface area (Å²) in [6, 6.07) is 10.5. The van der Waals surface area contributed by atoms with E-state index in [4.69, 9.17) is 14.2 Å². The number of hydrogen-bond donors (Lipinski definition) is 0. The first-order valence-corrected chi connectivity index (χ1v) is 6.23. The van der Waals surface area contributed by atoms with Gasteiger partial charge < -0.3 is 14.2 Å². The van der Waals surface area contributed by atoms with Gasteiger partial charge in [0.05, 0.1) is 7.11 Å². The molecule has 1 aliphatic rings. The SMILES string of the molecule is COC(=O)C(c1ccc2c(c1)OCO2)[n+]1ccccc1. The quantitative estimate of drug-likeness (QED) is 0.627. The molecule has 1 atom stereocenters. The van der Waals surface area contributed by atoms with Gasteiger partial charge in [0.1, 0.15) is 0 Å². The van der Waals surface area contributed by atoms with Crippen LogP contribution in [0.2, 0.25) is 0 Å². The third-order valence-electron chi connectivity index (χ3n) is 3.17. The molecule has 1 aliphatic heterocycles. The van der Waals surface area contributed by atoms with Crippen LogP contribution in [0.1, 0.15) is 11.6 Å². The molecule has 1 aromatic heterocycles. The van der Waals surface area contributed by atoms with Crippen LogP contribution in [0.15, 0.2) is 48.8 Å². The number of rotatable bonds is 3. The summed E-state index contributed by atoms with van der Waals surface area (Å²) >= 11 is 0. The number of aromatic nitrogens is 1.